The largest absolute Gasteiger partial charge is 0.348 e. The van der Waals surface area contributed by atoms with Crippen LogP contribution in [0.2, 0.25) is 5.02 Å². The van der Waals surface area contributed by atoms with E-state index >= 15 is 0 Å². The van der Waals surface area contributed by atoms with Gasteiger partial charge in [-0.2, -0.15) is 0 Å². The topological polar surface area (TPSA) is 58.2 Å². The van der Waals surface area contributed by atoms with Crippen molar-refractivity contribution < 1.29 is 14.0 Å². The molecule has 132 valence electrons. The number of halogens is 2. The van der Waals surface area contributed by atoms with Gasteiger partial charge >= 0.3 is 0 Å². The van der Waals surface area contributed by atoms with Crippen molar-refractivity contribution in [1.29, 1.82) is 0 Å². The number of rotatable bonds is 6. The Bertz CT molecular complexity index is 778. The molecule has 2 rings (SSSR count). The van der Waals surface area contributed by atoms with Gasteiger partial charge in [0.2, 0.25) is 5.91 Å². The van der Waals surface area contributed by atoms with Gasteiger partial charge in [0.15, 0.2) is 0 Å². The molecule has 2 amide bonds. The Labute approximate surface area is 151 Å². The van der Waals surface area contributed by atoms with Crippen molar-refractivity contribution in [3.05, 3.63) is 64.4 Å². The Hall–Kier alpha value is -2.40. The van der Waals surface area contributed by atoms with Gasteiger partial charge in [0, 0.05) is 18.7 Å². The molecule has 25 heavy (non-hydrogen) atoms. The molecule has 2 aromatic carbocycles. The molecule has 0 unspecified atom stereocenters. The SMILES string of the molecule is CC(C)CC(=O)Nc1cccc(CNC(=O)c2ccc(F)cc2Cl)c1. The van der Waals surface area contributed by atoms with Crippen LogP contribution < -0.4 is 10.6 Å². The van der Waals surface area contributed by atoms with Crippen LogP contribution in [0.15, 0.2) is 42.5 Å². The van der Waals surface area contributed by atoms with Gasteiger partial charge in [-0.15, -0.1) is 0 Å². The molecule has 0 saturated heterocycles. The van der Waals surface area contributed by atoms with Gasteiger partial charge < -0.3 is 10.6 Å². The normalized spacial score (nSPS) is 10.6. The first kappa shape index (κ1) is 18.9. The smallest absolute Gasteiger partial charge is 0.253 e. The zero-order chi connectivity index (χ0) is 18.4. The fraction of sp³-hybridized carbons (Fsp3) is 0.263. The molecule has 4 nitrogen and oxygen atoms in total. The lowest BCUT2D eigenvalue weighted by molar-refractivity contribution is -0.116. The van der Waals surface area contributed by atoms with Crippen molar-refractivity contribution in [2.45, 2.75) is 26.8 Å². The standard InChI is InChI=1S/C19H20ClFN2O2/c1-12(2)8-18(24)23-15-5-3-4-13(9-15)11-22-19(25)16-7-6-14(21)10-17(16)20/h3-7,9-10,12H,8,11H2,1-2H3,(H,22,25)(H,23,24). The summed E-state index contributed by atoms with van der Waals surface area (Å²) in [5.74, 6) is -0.650. The second-order valence-electron chi connectivity index (χ2n) is 6.15. The maximum atomic E-state index is 13.0. The van der Waals surface area contributed by atoms with E-state index in [4.69, 9.17) is 11.6 Å². The lowest BCUT2D eigenvalue weighted by Gasteiger charge is -2.10. The molecule has 0 aromatic heterocycles. The lowest BCUT2D eigenvalue weighted by Crippen LogP contribution is -2.23. The van der Waals surface area contributed by atoms with E-state index in [-0.39, 0.29) is 34.9 Å². The van der Waals surface area contributed by atoms with Crippen molar-refractivity contribution in [3.8, 4) is 0 Å². The van der Waals surface area contributed by atoms with Gasteiger partial charge in [0.25, 0.3) is 5.91 Å². The molecule has 6 heteroatoms. The summed E-state index contributed by atoms with van der Waals surface area (Å²) in [5, 5.41) is 5.63. The Morgan fingerprint density at radius 1 is 1.16 bits per heavy atom. The van der Waals surface area contributed by atoms with Crippen molar-refractivity contribution in [3.63, 3.8) is 0 Å². The minimum Gasteiger partial charge on any atom is -0.348 e. The van der Waals surface area contributed by atoms with Crippen LogP contribution in [0.1, 0.15) is 36.2 Å². The number of carbonyl (C=O) groups is 2. The van der Waals surface area contributed by atoms with E-state index in [0.717, 1.165) is 11.6 Å². The number of carbonyl (C=O) groups excluding carboxylic acids is 2. The number of hydrogen-bond acceptors (Lipinski definition) is 2. The first-order valence-electron chi connectivity index (χ1n) is 7.97. The van der Waals surface area contributed by atoms with Gasteiger partial charge in [-0.3, -0.25) is 9.59 Å². The minimum atomic E-state index is -0.494. The molecular weight excluding hydrogens is 343 g/mol. The van der Waals surface area contributed by atoms with Gasteiger partial charge in [-0.05, 0) is 41.8 Å². The Morgan fingerprint density at radius 2 is 1.92 bits per heavy atom. The quantitative estimate of drug-likeness (QED) is 0.800. The van der Waals surface area contributed by atoms with Gasteiger partial charge in [-0.1, -0.05) is 37.6 Å². The zero-order valence-electron chi connectivity index (χ0n) is 14.1. The molecule has 0 radical (unpaired) electrons. The summed E-state index contributed by atoms with van der Waals surface area (Å²) in [4.78, 5) is 24.0. The lowest BCUT2D eigenvalue weighted by atomic mass is 10.1. The average Bonchev–Trinajstić information content (AvgIpc) is 2.52. The summed E-state index contributed by atoms with van der Waals surface area (Å²) in [6.07, 6.45) is 0.448. The van der Waals surface area contributed by atoms with Gasteiger partial charge in [-0.25, -0.2) is 4.39 Å². The molecule has 0 atom stereocenters. The number of amides is 2. The van der Waals surface area contributed by atoms with Crippen molar-refractivity contribution in [2.75, 3.05) is 5.32 Å². The maximum Gasteiger partial charge on any atom is 0.253 e. The maximum absolute atomic E-state index is 13.0. The highest BCUT2D eigenvalue weighted by Crippen LogP contribution is 2.17. The molecule has 0 spiro atoms. The van der Waals surface area contributed by atoms with Crippen molar-refractivity contribution >= 4 is 29.1 Å². The van der Waals surface area contributed by atoms with E-state index in [2.05, 4.69) is 10.6 Å². The first-order chi connectivity index (χ1) is 11.8. The molecular formula is C19H20ClFN2O2. The van der Waals surface area contributed by atoms with Crippen LogP contribution in [0.25, 0.3) is 0 Å². The van der Waals surface area contributed by atoms with Gasteiger partial charge in [0.1, 0.15) is 5.82 Å². The molecule has 2 N–H and O–H groups in total. The summed E-state index contributed by atoms with van der Waals surface area (Å²) in [5.41, 5.74) is 1.72. The summed E-state index contributed by atoms with van der Waals surface area (Å²) in [7, 11) is 0. The zero-order valence-corrected chi connectivity index (χ0v) is 14.9. The third-order valence-corrected chi connectivity index (χ3v) is 3.75. The van der Waals surface area contributed by atoms with Gasteiger partial charge in [0.05, 0.1) is 10.6 Å². The molecule has 0 saturated carbocycles. The molecule has 0 aliphatic carbocycles. The predicted octanol–water partition coefficient (Wildman–Crippen LogP) is 4.39. The Balaban J connectivity index is 1.97. The van der Waals surface area contributed by atoms with E-state index < -0.39 is 5.82 Å². The summed E-state index contributed by atoms with van der Waals surface area (Å²) in [6, 6.07) is 10.9. The molecule has 0 heterocycles. The third kappa shape index (κ3) is 5.87. The average molecular weight is 363 g/mol. The van der Waals surface area contributed by atoms with E-state index in [9.17, 15) is 14.0 Å². The summed E-state index contributed by atoms with van der Waals surface area (Å²) >= 11 is 5.88. The van der Waals surface area contributed by atoms with E-state index in [1.165, 1.54) is 12.1 Å². The highest BCUT2D eigenvalue weighted by Gasteiger charge is 2.11. The fourth-order valence-electron chi connectivity index (χ4n) is 2.29. The number of benzene rings is 2. The van der Waals surface area contributed by atoms with Crippen LogP contribution in [-0.4, -0.2) is 11.8 Å². The fourth-order valence-corrected chi connectivity index (χ4v) is 2.55. The van der Waals surface area contributed by atoms with Crippen molar-refractivity contribution in [2.24, 2.45) is 5.92 Å². The Kier molecular flexibility index (Phi) is 6.53. The van der Waals surface area contributed by atoms with E-state index in [0.29, 0.717) is 12.1 Å². The van der Waals surface area contributed by atoms with Crippen LogP contribution >= 0.6 is 11.6 Å². The molecule has 0 aliphatic rings. The number of anilines is 1. The molecule has 0 bridgehead atoms. The van der Waals surface area contributed by atoms with Crippen LogP contribution in [0.3, 0.4) is 0 Å². The monoisotopic (exact) mass is 362 g/mol. The summed E-state index contributed by atoms with van der Waals surface area (Å²) in [6.45, 7) is 4.22. The number of hydrogen-bond donors (Lipinski definition) is 2. The van der Waals surface area contributed by atoms with Crippen LogP contribution in [0.5, 0.6) is 0 Å². The second-order valence-corrected chi connectivity index (χ2v) is 6.56. The van der Waals surface area contributed by atoms with Crippen molar-refractivity contribution in [1.82, 2.24) is 5.32 Å². The predicted molar refractivity (Wildman–Crippen MR) is 97.1 cm³/mol. The highest BCUT2D eigenvalue weighted by molar-refractivity contribution is 6.33. The first-order valence-corrected chi connectivity index (χ1v) is 8.35. The molecule has 2 aromatic rings. The third-order valence-electron chi connectivity index (χ3n) is 3.43. The van der Waals surface area contributed by atoms with E-state index in [1.54, 1.807) is 18.2 Å². The summed E-state index contributed by atoms with van der Waals surface area (Å²) < 4.78 is 13.0. The van der Waals surface area contributed by atoms with Crippen LogP contribution in [-0.2, 0) is 11.3 Å². The second kappa shape index (κ2) is 8.62. The molecule has 0 fully saturated rings. The minimum absolute atomic E-state index is 0.0470. The highest BCUT2D eigenvalue weighted by atomic mass is 35.5. The Morgan fingerprint density at radius 3 is 2.60 bits per heavy atom. The van der Waals surface area contributed by atoms with E-state index in [1.807, 2.05) is 19.9 Å². The number of nitrogens with one attached hydrogen (secondary N) is 2. The van der Waals surface area contributed by atoms with Crippen LogP contribution in [0, 0.1) is 11.7 Å². The van der Waals surface area contributed by atoms with Crippen LogP contribution in [0.4, 0.5) is 10.1 Å². The molecule has 0 aliphatic heterocycles.